The van der Waals surface area contributed by atoms with Gasteiger partial charge in [0.05, 0.1) is 11.6 Å². The molecule has 0 radical (unpaired) electrons. The maximum absolute atomic E-state index is 9.10. The molecule has 2 rings (SSSR count). The zero-order chi connectivity index (χ0) is 17.2. The highest BCUT2D eigenvalue weighted by Gasteiger charge is 2.05. The molecular formula is C16H18ClNO5. The van der Waals surface area contributed by atoms with E-state index in [0.29, 0.717) is 11.6 Å². The van der Waals surface area contributed by atoms with Crippen LogP contribution in [0.15, 0.2) is 36.4 Å². The van der Waals surface area contributed by atoms with Gasteiger partial charge in [-0.1, -0.05) is 41.9 Å². The van der Waals surface area contributed by atoms with Crippen molar-refractivity contribution in [1.29, 1.82) is 0 Å². The van der Waals surface area contributed by atoms with Crippen molar-refractivity contribution in [2.75, 3.05) is 20.2 Å². The van der Waals surface area contributed by atoms with Crippen LogP contribution in [0.4, 0.5) is 0 Å². The lowest BCUT2D eigenvalue weighted by atomic mass is 10.1. The molecule has 124 valence electrons. The third-order valence-corrected chi connectivity index (χ3v) is 3.23. The molecule has 0 aliphatic rings. The largest absolute Gasteiger partial charge is 0.492 e. The summed E-state index contributed by atoms with van der Waals surface area (Å²) < 4.78 is 5.68. The van der Waals surface area contributed by atoms with Crippen molar-refractivity contribution in [3.05, 3.63) is 41.4 Å². The van der Waals surface area contributed by atoms with E-state index in [1.54, 1.807) is 0 Å². The van der Waals surface area contributed by atoms with Gasteiger partial charge in [0.2, 0.25) is 0 Å². The summed E-state index contributed by atoms with van der Waals surface area (Å²) in [5.41, 5.74) is 0. The predicted octanol–water partition coefficient (Wildman–Crippen LogP) is 2.64. The number of carbonyl (C=O) groups is 2. The Balaban J connectivity index is 0.000000379. The SMILES string of the molecule is CNCCCOc1ccc2ccccc2c1Cl.O=C(O)C(=O)O. The van der Waals surface area contributed by atoms with E-state index in [4.69, 9.17) is 36.1 Å². The van der Waals surface area contributed by atoms with Crippen molar-refractivity contribution in [3.63, 3.8) is 0 Å². The number of benzene rings is 2. The number of rotatable bonds is 5. The molecule has 0 heterocycles. The Morgan fingerprint density at radius 2 is 1.78 bits per heavy atom. The molecule has 0 saturated heterocycles. The average molecular weight is 340 g/mol. The molecule has 0 fully saturated rings. The molecule has 3 N–H and O–H groups in total. The number of fused-ring (bicyclic) bond motifs is 1. The first-order chi connectivity index (χ1) is 11.0. The monoisotopic (exact) mass is 339 g/mol. The summed E-state index contributed by atoms with van der Waals surface area (Å²) >= 11 is 6.31. The van der Waals surface area contributed by atoms with Crippen LogP contribution in [0, 0.1) is 0 Å². The van der Waals surface area contributed by atoms with Crippen LogP contribution in [0.5, 0.6) is 5.75 Å². The molecule has 0 unspecified atom stereocenters. The molecule has 2 aromatic rings. The number of hydrogen-bond acceptors (Lipinski definition) is 4. The average Bonchev–Trinajstić information content (AvgIpc) is 2.54. The first kappa shape index (κ1) is 18.7. The van der Waals surface area contributed by atoms with Crippen molar-refractivity contribution in [1.82, 2.24) is 5.32 Å². The van der Waals surface area contributed by atoms with Crippen LogP contribution in [-0.4, -0.2) is 42.4 Å². The standard InChI is InChI=1S/C14H16ClNO.C2H2O4/c1-16-9-4-10-17-13-8-7-11-5-2-3-6-12(11)14(13)15;3-1(4)2(5)6/h2-3,5-8,16H,4,9-10H2,1H3;(H,3,4)(H,5,6). The minimum atomic E-state index is -1.82. The maximum Gasteiger partial charge on any atom is 0.414 e. The number of hydrogen-bond donors (Lipinski definition) is 3. The smallest absolute Gasteiger partial charge is 0.414 e. The Morgan fingerprint density at radius 1 is 1.13 bits per heavy atom. The fourth-order valence-corrected chi connectivity index (χ4v) is 2.05. The second kappa shape index (κ2) is 9.66. The van der Waals surface area contributed by atoms with E-state index in [-0.39, 0.29) is 0 Å². The Labute approximate surface area is 138 Å². The first-order valence-corrected chi connectivity index (χ1v) is 7.26. The van der Waals surface area contributed by atoms with Gasteiger partial charge in [-0.25, -0.2) is 9.59 Å². The van der Waals surface area contributed by atoms with E-state index in [9.17, 15) is 0 Å². The van der Waals surface area contributed by atoms with Crippen molar-refractivity contribution in [2.24, 2.45) is 0 Å². The summed E-state index contributed by atoms with van der Waals surface area (Å²) in [5, 5.41) is 20.7. The van der Waals surface area contributed by atoms with Crippen LogP contribution >= 0.6 is 11.6 Å². The summed E-state index contributed by atoms with van der Waals surface area (Å²) in [7, 11) is 1.93. The van der Waals surface area contributed by atoms with Crippen molar-refractivity contribution in [2.45, 2.75) is 6.42 Å². The zero-order valence-corrected chi connectivity index (χ0v) is 13.3. The van der Waals surface area contributed by atoms with Gasteiger partial charge < -0.3 is 20.3 Å². The molecule has 6 nitrogen and oxygen atoms in total. The van der Waals surface area contributed by atoms with Gasteiger partial charge in [0.15, 0.2) is 0 Å². The van der Waals surface area contributed by atoms with Crippen LogP contribution in [-0.2, 0) is 9.59 Å². The number of halogens is 1. The van der Waals surface area contributed by atoms with Crippen LogP contribution in [0.1, 0.15) is 6.42 Å². The molecule has 0 bridgehead atoms. The summed E-state index contributed by atoms with van der Waals surface area (Å²) in [4.78, 5) is 18.2. The normalized spacial score (nSPS) is 9.83. The molecule has 0 aliphatic carbocycles. The molecule has 2 aromatic carbocycles. The van der Waals surface area contributed by atoms with Crippen molar-refractivity contribution in [3.8, 4) is 5.75 Å². The zero-order valence-electron chi connectivity index (χ0n) is 12.6. The summed E-state index contributed by atoms with van der Waals surface area (Å²) in [6, 6.07) is 12.0. The minimum absolute atomic E-state index is 0.679. The van der Waals surface area contributed by atoms with Crippen LogP contribution in [0.2, 0.25) is 5.02 Å². The molecule has 7 heteroatoms. The van der Waals surface area contributed by atoms with Gasteiger partial charge in [-0.2, -0.15) is 0 Å². The quantitative estimate of drug-likeness (QED) is 0.572. The molecule has 0 amide bonds. The maximum atomic E-state index is 9.10. The second-order valence-electron chi connectivity index (χ2n) is 4.51. The number of carboxylic acids is 2. The highest BCUT2D eigenvalue weighted by atomic mass is 35.5. The van der Waals surface area contributed by atoms with Gasteiger partial charge in [0.1, 0.15) is 5.75 Å². The second-order valence-corrected chi connectivity index (χ2v) is 4.89. The Kier molecular flexibility index (Phi) is 7.87. The van der Waals surface area contributed by atoms with Gasteiger partial charge in [0.25, 0.3) is 0 Å². The Hall–Kier alpha value is -2.31. The topological polar surface area (TPSA) is 95.9 Å². The Bertz CT molecular complexity index is 663. The van der Waals surface area contributed by atoms with Gasteiger partial charge in [-0.3, -0.25) is 0 Å². The van der Waals surface area contributed by atoms with Crippen LogP contribution < -0.4 is 10.1 Å². The third-order valence-electron chi connectivity index (χ3n) is 2.84. The van der Waals surface area contributed by atoms with Crippen LogP contribution in [0.25, 0.3) is 10.8 Å². The van der Waals surface area contributed by atoms with E-state index < -0.39 is 11.9 Å². The molecule has 0 aliphatic heterocycles. The van der Waals surface area contributed by atoms with E-state index in [0.717, 1.165) is 29.5 Å². The van der Waals surface area contributed by atoms with Gasteiger partial charge >= 0.3 is 11.9 Å². The predicted molar refractivity (Wildman–Crippen MR) is 88.3 cm³/mol. The van der Waals surface area contributed by atoms with Crippen molar-refractivity contribution < 1.29 is 24.5 Å². The van der Waals surface area contributed by atoms with Crippen molar-refractivity contribution >= 4 is 34.3 Å². The number of nitrogens with one attached hydrogen (secondary N) is 1. The third kappa shape index (κ3) is 6.14. The molecular weight excluding hydrogens is 322 g/mol. The summed E-state index contributed by atoms with van der Waals surface area (Å²) in [5.74, 6) is -2.88. The van der Waals surface area contributed by atoms with Crippen LogP contribution in [0.3, 0.4) is 0 Å². The highest BCUT2D eigenvalue weighted by molar-refractivity contribution is 6.37. The van der Waals surface area contributed by atoms with Gasteiger partial charge in [-0.05, 0) is 31.5 Å². The van der Waals surface area contributed by atoms with Gasteiger partial charge in [-0.15, -0.1) is 0 Å². The van der Waals surface area contributed by atoms with E-state index in [1.807, 2.05) is 43.4 Å². The lowest BCUT2D eigenvalue weighted by Gasteiger charge is -2.09. The lowest BCUT2D eigenvalue weighted by molar-refractivity contribution is -0.159. The van der Waals surface area contributed by atoms with Gasteiger partial charge in [0, 0.05) is 5.39 Å². The fraction of sp³-hybridized carbons (Fsp3) is 0.250. The number of aliphatic carboxylic acids is 2. The lowest BCUT2D eigenvalue weighted by Crippen LogP contribution is -2.11. The summed E-state index contributed by atoms with van der Waals surface area (Å²) in [6.45, 7) is 1.63. The molecule has 23 heavy (non-hydrogen) atoms. The highest BCUT2D eigenvalue weighted by Crippen LogP contribution is 2.32. The van der Waals surface area contributed by atoms with E-state index in [1.165, 1.54) is 0 Å². The fourth-order valence-electron chi connectivity index (χ4n) is 1.76. The molecule has 0 aromatic heterocycles. The number of carboxylic acid groups (broad SMARTS) is 2. The minimum Gasteiger partial charge on any atom is -0.492 e. The molecule has 0 spiro atoms. The van der Waals surface area contributed by atoms with E-state index in [2.05, 4.69) is 5.32 Å². The first-order valence-electron chi connectivity index (χ1n) is 6.88. The van der Waals surface area contributed by atoms with E-state index >= 15 is 0 Å². The number of ether oxygens (including phenoxy) is 1. The summed E-state index contributed by atoms with van der Waals surface area (Å²) in [6.07, 6.45) is 0.972. The molecule has 0 saturated carbocycles. The Morgan fingerprint density at radius 3 is 2.39 bits per heavy atom. The molecule has 0 atom stereocenters.